The van der Waals surface area contributed by atoms with Gasteiger partial charge < -0.3 is 19.9 Å². The second-order valence-electron chi connectivity index (χ2n) is 9.17. The first-order valence-electron chi connectivity index (χ1n) is 11.4. The van der Waals surface area contributed by atoms with Crippen LogP contribution in [0.5, 0.6) is 5.75 Å². The number of amides is 2. The number of ether oxygens (including phenoxy) is 1. The lowest BCUT2D eigenvalue weighted by Crippen LogP contribution is -2.57. The fraction of sp³-hybridized carbons (Fsp3) is 0.667. The highest BCUT2D eigenvalue weighted by Crippen LogP contribution is 2.30. The van der Waals surface area contributed by atoms with E-state index in [1.165, 1.54) is 0 Å². The number of rotatable bonds is 6. The van der Waals surface area contributed by atoms with E-state index in [1.807, 2.05) is 36.9 Å². The van der Waals surface area contributed by atoms with Crippen LogP contribution in [-0.2, 0) is 9.59 Å². The summed E-state index contributed by atoms with van der Waals surface area (Å²) < 4.78 is 5.48. The standard InChI is InChI=1S/C24H37N3O3/c1-17(2)22(25-23(28)19-11-9-18(3)10-12-19)24(29)27-15-13-26(14-16-27)20-7-5-6-8-21(20)30-4/h5-8,17-19,22H,9-16H2,1-4H3,(H,25,28)/t18?,19?,22-/m1/s1. The minimum atomic E-state index is -0.449. The number of carbonyl (C=O) groups is 2. The SMILES string of the molecule is COc1ccccc1N1CCN(C(=O)[C@H](NC(=O)C2CCC(C)CC2)C(C)C)CC1. The largest absolute Gasteiger partial charge is 0.495 e. The molecule has 0 radical (unpaired) electrons. The van der Waals surface area contributed by atoms with E-state index in [2.05, 4.69) is 23.2 Å². The van der Waals surface area contributed by atoms with Gasteiger partial charge in [-0.05, 0) is 49.7 Å². The van der Waals surface area contributed by atoms with E-state index in [4.69, 9.17) is 4.74 Å². The van der Waals surface area contributed by atoms with Crippen molar-refractivity contribution in [3.05, 3.63) is 24.3 Å². The molecule has 1 saturated heterocycles. The Balaban J connectivity index is 1.58. The summed E-state index contributed by atoms with van der Waals surface area (Å²) in [6, 6.07) is 7.54. The predicted octanol–water partition coefficient (Wildman–Crippen LogP) is 3.31. The molecule has 1 aromatic carbocycles. The lowest BCUT2D eigenvalue weighted by Gasteiger charge is -2.39. The minimum absolute atomic E-state index is 0.0437. The van der Waals surface area contributed by atoms with Crippen molar-refractivity contribution in [2.75, 3.05) is 38.2 Å². The maximum atomic E-state index is 13.2. The highest BCUT2D eigenvalue weighted by molar-refractivity contribution is 5.89. The van der Waals surface area contributed by atoms with Gasteiger partial charge in [0.25, 0.3) is 0 Å². The quantitative estimate of drug-likeness (QED) is 0.774. The van der Waals surface area contributed by atoms with Gasteiger partial charge in [-0.2, -0.15) is 0 Å². The van der Waals surface area contributed by atoms with Gasteiger partial charge in [-0.25, -0.2) is 0 Å². The van der Waals surface area contributed by atoms with Crippen molar-refractivity contribution in [1.29, 1.82) is 0 Å². The van der Waals surface area contributed by atoms with E-state index in [0.717, 1.165) is 50.2 Å². The zero-order valence-electron chi connectivity index (χ0n) is 18.9. The van der Waals surface area contributed by atoms with Gasteiger partial charge in [0, 0.05) is 32.1 Å². The van der Waals surface area contributed by atoms with Gasteiger partial charge in [0.15, 0.2) is 0 Å². The van der Waals surface area contributed by atoms with Crippen molar-refractivity contribution in [2.24, 2.45) is 17.8 Å². The van der Waals surface area contributed by atoms with E-state index in [-0.39, 0.29) is 23.7 Å². The Kier molecular flexibility index (Phi) is 7.62. The summed E-state index contributed by atoms with van der Waals surface area (Å²) in [5.41, 5.74) is 1.06. The summed E-state index contributed by atoms with van der Waals surface area (Å²) in [6.45, 7) is 9.08. The Morgan fingerprint density at radius 2 is 1.67 bits per heavy atom. The fourth-order valence-electron chi connectivity index (χ4n) is 4.56. The first kappa shape index (κ1) is 22.4. The molecule has 2 fully saturated rings. The molecule has 1 atom stereocenters. The molecule has 0 aromatic heterocycles. The maximum Gasteiger partial charge on any atom is 0.245 e. The molecule has 1 aliphatic heterocycles. The molecule has 6 nitrogen and oxygen atoms in total. The van der Waals surface area contributed by atoms with Crippen LogP contribution in [0.15, 0.2) is 24.3 Å². The topological polar surface area (TPSA) is 61.9 Å². The lowest BCUT2D eigenvalue weighted by atomic mass is 9.82. The lowest BCUT2D eigenvalue weighted by molar-refractivity contribution is -0.139. The smallest absolute Gasteiger partial charge is 0.245 e. The molecule has 30 heavy (non-hydrogen) atoms. The van der Waals surface area contributed by atoms with Gasteiger partial charge >= 0.3 is 0 Å². The minimum Gasteiger partial charge on any atom is -0.495 e. The molecular weight excluding hydrogens is 378 g/mol. The number of piperazine rings is 1. The molecule has 2 amide bonds. The average molecular weight is 416 g/mol. The van der Waals surface area contributed by atoms with Crippen LogP contribution >= 0.6 is 0 Å². The normalized spacial score (nSPS) is 23.2. The molecule has 6 heteroatoms. The average Bonchev–Trinajstić information content (AvgIpc) is 2.77. The number of para-hydroxylation sites is 2. The Morgan fingerprint density at radius 3 is 2.27 bits per heavy atom. The Morgan fingerprint density at radius 1 is 1.03 bits per heavy atom. The highest BCUT2D eigenvalue weighted by atomic mass is 16.5. The summed E-state index contributed by atoms with van der Waals surface area (Å²) in [4.78, 5) is 30.2. The molecule has 1 saturated carbocycles. The zero-order chi connectivity index (χ0) is 21.7. The Labute approximate surface area is 180 Å². The number of carbonyl (C=O) groups excluding carboxylic acids is 2. The third-order valence-electron chi connectivity index (χ3n) is 6.63. The maximum absolute atomic E-state index is 13.2. The van der Waals surface area contributed by atoms with Crippen molar-refractivity contribution in [3.63, 3.8) is 0 Å². The van der Waals surface area contributed by atoms with Gasteiger partial charge in [-0.1, -0.05) is 32.9 Å². The van der Waals surface area contributed by atoms with Gasteiger partial charge in [-0.3, -0.25) is 9.59 Å². The van der Waals surface area contributed by atoms with Gasteiger partial charge in [0.2, 0.25) is 11.8 Å². The van der Waals surface area contributed by atoms with Crippen LogP contribution in [0.1, 0.15) is 46.5 Å². The van der Waals surface area contributed by atoms with Crippen molar-refractivity contribution in [2.45, 2.75) is 52.5 Å². The van der Waals surface area contributed by atoms with Crippen LogP contribution in [0.25, 0.3) is 0 Å². The predicted molar refractivity (Wildman–Crippen MR) is 120 cm³/mol. The number of methoxy groups -OCH3 is 1. The number of benzene rings is 1. The van der Waals surface area contributed by atoms with E-state index in [9.17, 15) is 9.59 Å². The zero-order valence-corrected chi connectivity index (χ0v) is 18.9. The van der Waals surface area contributed by atoms with E-state index in [0.29, 0.717) is 19.0 Å². The monoisotopic (exact) mass is 415 g/mol. The third kappa shape index (κ3) is 5.27. The van der Waals surface area contributed by atoms with Crippen LogP contribution < -0.4 is 15.0 Å². The Hall–Kier alpha value is -2.24. The first-order valence-corrected chi connectivity index (χ1v) is 11.4. The Bertz CT molecular complexity index is 720. The number of hydrogen-bond donors (Lipinski definition) is 1. The summed E-state index contributed by atoms with van der Waals surface area (Å²) in [6.07, 6.45) is 4.07. The molecule has 0 bridgehead atoms. The van der Waals surface area contributed by atoms with Gasteiger partial charge in [0.05, 0.1) is 12.8 Å². The summed E-state index contributed by atoms with van der Waals surface area (Å²) in [7, 11) is 1.68. The van der Waals surface area contributed by atoms with Crippen LogP contribution in [0, 0.1) is 17.8 Å². The molecule has 1 N–H and O–H groups in total. The van der Waals surface area contributed by atoms with Crippen LogP contribution in [0.3, 0.4) is 0 Å². The van der Waals surface area contributed by atoms with E-state index in [1.54, 1.807) is 7.11 Å². The summed E-state index contributed by atoms with van der Waals surface area (Å²) >= 11 is 0. The molecule has 1 aliphatic carbocycles. The summed E-state index contributed by atoms with van der Waals surface area (Å²) in [5.74, 6) is 1.78. The summed E-state index contributed by atoms with van der Waals surface area (Å²) in [5, 5.41) is 3.10. The van der Waals surface area contributed by atoms with Crippen molar-refractivity contribution >= 4 is 17.5 Å². The van der Waals surface area contributed by atoms with Crippen LogP contribution in [0.2, 0.25) is 0 Å². The van der Waals surface area contributed by atoms with E-state index < -0.39 is 6.04 Å². The molecular formula is C24H37N3O3. The second kappa shape index (κ2) is 10.2. The van der Waals surface area contributed by atoms with E-state index >= 15 is 0 Å². The fourth-order valence-corrected chi connectivity index (χ4v) is 4.56. The highest BCUT2D eigenvalue weighted by Gasteiger charge is 2.33. The third-order valence-corrected chi connectivity index (χ3v) is 6.63. The molecule has 0 spiro atoms. The second-order valence-corrected chi connectivity index (χ2v) is 9.17. The van der Waals surface area contributed by atoms with Crippen molar-refractivity contribution < 1.29 is 14.3 Å². The molecule has 1 heterocycles. The molecule has 0 unspecified atom stereocenters. The molecule has 1 aromatic rings. The molecule has 2 aliphatic rings. The van der Waals surface area contributed by atoms with Gasteiger partial charge in [0.1, 0.15) is 11.8 Å². The number of nitrogens with zero attached hydrogens (tertiary/aromatic N) is 2. The number of nitrogens with one attached hydrogen (secondary N) is 1. The van der Waals surface area contributed by atoms with Crippen molar-refractivity contribution in [1.82, 2.24) is 10.2 Å². The van der Waals surface area contributed by atoms with Crippen LogP contribution in [-0.4, -0.2) is 56.0 Å². The molecule has 3 rings (SSSR count). The number of hydrogen-bond acceptors (Lipinski definition) is 4. The van der Waals surface area contributed by atoms with Crippen LogP contribution in [0.4, 0.5) is 5.69 Å². The van der Waals surface area contributed by atoms with Crippen molar-refractivity contribution in [3.8, 4) is 5.75 Å². The number of anilines is 1. The first-order chi connectivity index (χ1) is 14.4. The van der Waals surface area contributed by atoms with Gasteiger partial charge in [-0.15, -0.1) is 0 Å². The molecule has 166 valence electrons.